The van der Waals surface area contributed by atoms with Gasteiger partial charge in [0.15, 0.2) is 5.78 Å². The number of alkyl carbamates (subject to hydrolysis) is 2. The molecule has 0 unspecified atom stereocenters. The molecule has 1 saturated heterocycles. The minimum atomic E-state index is -1.43. The molecule has 0 aromatic heterocycles. The van der Waals surface area contributed by atoms with E-state index in [1.807, 2.05) is 74.5 Å². The molecule has 3 rings (SSSR count). The quantitative estimate of drug-likeness (QED) is 0.0675. The molecule has 1 fully saturated rings. The van der Waals surface area contributed by atoms with Crippen molar-refractivity contribution in [3.63, 3.8) is 0 Å². The van der Waals surface area contributed by atoms with Crippen LogP contribution in [0, 0.1) is 17.8 Å². The number of esters is 2. The Hall–Kier alpha value is -5.47. The Morgan fingerprint density at radius 2 is 1.32 bits per heavy atom. The second kappa shape index (κ2) is 24.4. The normalized spacial score (nSPS) is 15.2. The fraction of sp³-hybridized carbons (Fsp3) is 0.604. The van der Waals surface area contributed by atoms with Crippen LogP contribution in [0.15, 0.2) is 60.7 Å². The average molecular weight is 879 g/mol. The van der Waals surface area contributed by atoms with Gasteiger partial charge in [-0.15, -0.1) is 0 Å². The third-order valence-corrected chi connectivity index (χ3v) is 10.5. The lowest BCUT2D eigenvalue weighted by Gasteiger charge is -2.41. The minimum Gasteiger partial charge on any atom is -0.467 e. The first kappa shape index (κ1) is 51.9. The van der Waals surface area contributed by atoms with Gasteiger partial charge in [-0.3, -0.25) is 19.2 Å². The molecule has 15 nitrogen and oxygen atoms in total. The molecule has 63 heavy (non-hydrogen) atoms. The van der Waals surface area contributed by atoms with E-state index in [9.17, 15) is 33.6 Å². The van der Waals surface area contributed by atoms with E-state index >= 15 is 0 Å². The monoisotopic (exact) mass is 879 g/mol. The van der Waals surface area contributed by atoms with Crippen molar-refractivity contribution in [1.82, 2.24) is 20.9 Å². The van der Waals surface area contributed by atoms with Crippen LogP contribution in [0.3, 0.4) is 0 Å². The van der Waals surface area contributed by atoms with E-state index in [4.69, 9.17) is 18.9 Å². The number of rotatable bonds is 21. The van der Waals surface area contributed by atoms with Gasteiger partial charge in [0.2, 0.25) is 11.8 Å². The Morgan fingerprint density at radius 3 is 1.87 bits per heavy atom. The number of likely N-dealkylation sites (tertiary alicyclic amines) is 1. The fourth-order valence-corrected chi connectivity index (χ4v) is 7.35. The highest BCUT2D eigenvalue weighted by Gasteiger charge is 2.46. The van der Waals surface area contributed by atoms with Crippen molar-refractivity contribution < 1.29 is 52.5 Å². The van der Waals surface area contributed by atoms with Gasteiger partial charge >= 0.3 is 24.1 Å². The number of ketones is 1. The molecule has 2 aromatic carbocycles. The van der Waals surface area contributed by atoms with Gasteiger partial charge in [-0.1, -0.05) is 80.9 Å². The van der Waals surface area contributed by atoms with Gasteiger partial charge < -0.3 is 39.8 Å². The van der Waals surface area contributed by atoms with Crippen LogP contribution in [-0.4, -0.2) is 96.1 Å². The number of amides is 4. The molecule has 0 radical (unpaired) electrons. The van der Waals surface area contributed by atoms with Crippen LogP contribution >= 0.6 is 0 Å². The summed E-state index contributed by atoms with van der Waals surface area (Å²) in [5.74, 6) is -3.98. The predicted octanol–water partition coefficient (Wildman–Crippen LogP) is 6.84. The van der Waals surface area contributed by atoms with Gasteiger partial charge in [0.05, 0.1) is 25.5 Å². The van der Waals surface area contributed by atoms with Crippen LogP contribution in [0.5, 0.6) is 0 Å². The third-order valence-electron chi connectivity index (χ3n) is 10.5. The van der Waals surface area contributed by atoms with E-state index in [1.165, 1.54) is 7.11 Å². The lowest BCUT2D eigenvalue weighted by Crippen LogP contribution is -2.62. The third kappa shape index (κ3) is 18.8. The molecule has 4 amide bonds. The van der Waals surface area contributed by atoms with Gasteiger partial charge in [0, 0.05) is 32.0 Å². The summed E-state index contributed by atoms with van der Waals surface area (Å²) < 4.78 is 21.4. The maximum atomic E-state index is 14.4. The molecule has 348 valence electrons. The number of hydrogen-bond acceptors (Lipinski definition) is 11. The Bertz CT molecular complexity index is 1810. The zero-order valence-corrected chi connectivity index (χ0v) is 38.7. The summed E-state index contributed by atoms with van der Waals surface area (Å²) >= 11 is 0. The number of Topliss-reactive ketones (excluding diaryl/α,β-unsaturated/α-hetero) is 1. The van der Waals surface area contributed by atoms with Gasteiger partial charge in [0.1, 0.15) is 23.3 Å². The molecule has 15 heteroatoms. The SMILES string of the molecule is COC(=O)C1(NC(=O)OC(C)(C)C)CCN(C(=O)[C@@H](CCCCNC(=O)OC(C)(C)C)CC(=O)[C@@H](CC(C)C)NC(=O)[C@H](CC(=O)OCc2ccccc2)Cc2ccccc2)CC1. The maximum absolute atomic E-state index is 14.4. The number of piperidine rings is 1. The number of nitrogens with one attached hydrogen (secondary N) is 3. The summed E-state index contributed by atoms with van der Waals surface area (Å²) in [6.07, 6.45) is 0.152. The molecular formula is C48H70N4O11. The molecule has 1 heterocycles. The highest BCUT2D eigenvalue weighted by atomic mass is 16.6. The molecule has 1 aliphatic rings. The number of hydrogen-bond donors (Lipinski definition) is 3. The average Bonchev–Trinajstić information content (AvgIpc) is 3.20. The minimum absolute atomic E-state index is 0.0123. The van der Waals surface area contributed by atoms with Crippen LogP contribution in [0.1, 0.15) is 118 Å². The molecule has 0 bridgehead atoms. The summed E-state index contributed by atoms with van der Waals surface area (Å²) in [6.45, 7) is 14.8. The number of benzene rings is 2. The van der Waals surface area contributed by atoms with Crippen LogP contribution in [-0.2, 0) is 55.9 Å². The lowest BCUT2D eigenvalue weighted by molar-refractivity contribution is -0.153. The smallest absolute Gasteiger partial charge is 0.408 e. The van der Waals surface area contributed by atoms with E-state index in [2.05, 4.69) is 16.0 Å². The summed E-state index contributed by atoms with van der Waals surface area (Å²) in [7, 11) is 1.23. The summed E-state index contributed by atoms with van der Waals surface area (Å²) in [5.41, 5.74) is -1.26. The van der Waals surface area contributed by atoms with Crippen molar-refractivity contribution in [2.45, 2.75) is 143 Å². The second-order valence-corrected chi connectivity index (χ2v) is 18.7. The second-order valence-electron chi connectivity index (χ2n) is 18.7. The Labute approximate surface area is 373 Å². The largest absolute Gasteiger partial charge is 0.467 e. The van der Waals surface area contributed by atoms with Crippen molar-refractivity contribution in [1.29, 1.82) is 0 Å². The van der Waals surface area contributed by atoms with Crippen molar-refractivity contribution in [3.05, 3.63) is 71.8 Å². The van der Waals surface area contributed by atoms with E-state index in [0.29, 0.717) is 25.7 Å². The summed E-state index contributed by atoms with van der Waals surface area (Å²) in [6, 6.07) is 17.6. The van der Waals surface area contributed by atoms with Crippen LogP contribution in [0.4, 0.5) is 9.59 Å². The maximum Gasteiger partial charge on any atom is 0.408 e. The van der Waals surface area contributed by atoms with Crippen molar-refractivity contribution in [3.8, 4) is 0 Å². The fourth-order valence-electron chi connectivity index (χ4n) is 7.35. The first-order chi connectivity index (χ1) is 29.6. The van der Waals surface area contributed by atoms with Crippen molar-refractivity contribution >= 4 is 41.7 Å². The molecule has 0 spiro atoms. The number of carbonyl (C=O) groups is 7. The molecule has 2 aromatic rings. The first-order valence-electron chi connectivity index (χ1n) is 22.0. The Kier molecular flexibility index (Phi) is 20.1. The summed E-state index contributed by atoms with van der Waals surface area (Å²) in [5, 5.41) is 8.38. The zero-order valence-electron chi connectivity index (χ0n) is 38.7. The zero-order chi connectivity index (χ0) is 46.8. The Balaban J connectivity index is 1.81. The summed E-state index contributed by atoms with van der Waals surface area (Å²) in [4.78, 5) is 95.8. The highest BCUT2D eigenvalue weighted by Crippen LogP contribution is 2.28. The lowest BCUT2D eigenvalue weighted by atomic mass is 9.85. The first-order valence-corrected chi connectivity index (χ1v) is 22.0. The van der Waals surface area contributed by atoms with E-state index in [-0.39, 0.29) is 76.0 Å². The number of ether oxygens (including phenoxy) is 4. The molecule has 0 aliphatic carbocycles. The van der Waals surface area contributed by atoms with Crippen LogP contribution in [0.2, 0.25) is 0 Å². The topological polar surface area (TPSA) is 196 Å². The molecule has 1 aliphatic heterocycles. The van der Waals surface area contributed by atoms with Gasteiger partial charge in [-0.25, -0.2) is 14.4 Å². The van der Waals surface area contributed by atoms with E-state index in [1.54, 1.807) is 46.4 Å². The van der Waals surface area contributed by atoms with Crippen LogP contribution < -0.4 is 16.0 Å². The predicted molar refractivity (Wildman–Crippen MR) is 237 cm³/mol. The van der Waals surface area contributed by atoms with Gasteiger partial charge in [-0.2, -0.15) is 0 Å². The standard InChI is InChI=1S/C48H70N4O11/c1-33(2)28-38(50-41(55)37(29-34-18-12-10-13-19-34)31-40(54)61-32-35-20-14-11-15-21-35)39(53)30-36(22-16-17-25-49-44(58)62-46(3,4)5)42(56)52-26-23-48(24-27-52,43(57)60-9)51-45(59)63-47(6,7)8/h10-15,18-21,33,36-38H,16-17,22-32H2,1-9H3,(H,49,58)(H,50,55)(H,51,59)/t36-,37-,38+/m0/s1. The molecule has 3 atom stereocenters. The molecule has 3 N–H and O–H groups in total. The number of carbonyl (C=O) groups excluding carboxylic acids is 7. The van der Waals surface area contributed by atoms with Gasteiger partial charge in [0.25, 0.3) is 0 Å². The van der Waals surface area contributed by atoms with E-state index in [0.717, 1.165) is 11.1 Å². The van der Waals surface area contributed by atoms with E-state index < -0.39 is 64.7 Å². The molecular weight excluding hydrogens is 809 g/mol. The number of unbranched alkanes of at least 4 members (excludes halogenated alkanes) is 1. The van der Waals surface area contributed by atoms with Crippen molar-refractivity contribution in [2.75, 3.05) is 26.7 Å². The Morgan fingerprint density at radius 1 is 0.746 bits per heavy atom. The molecule has 0 saturated carbocycles. The number of methoxy groups -OCH3 is 1. The van der Waals surface area contributed by atoms with Crippen molar-refractivity contribution in [2.24, 2.45) is 17.8 Å². The van der Waals surface area contributed by atoms with Crippen LogP contribution in [0.25, 0.3) is 0 Å². The highest BCUT2D eigenvalue weighted by molar-refractivity contribution is 5.94. The number of nitrogens with zero attached hydrogens (tertiary/aromatic N) is 1. The van der Waals surface area contributed by atoms with Gasteiger partial charge in [-0.05, 0) is 97.1 Å².